The van der Waals surface area contributed by atoms with E-state index in [1.165, 1.54) is 16.9 Å². The van der Waals surface area contributed by atoms with Crippen LogP contribution in [0, 0.1) is 6.92 Å². The van der Waals surface area contributed by atoms with Crippen LogP contribution in [0.1, 0.15) is 37.4 Å². The zero-order chi connectivity index (χ0) is 26.5. The van der Waals surface area contributed by atoms with Crippen LogP contribution in [0.5, 0.6) is 0 Å². The molecule has 0 atom stereocenters. The standard InChI is InChI=1S/C23H18F3N7O3S/c1-11-14(9-29-32(11)2)13-8-16(23(24,25)26)30-22-17(13)18(19(37-22)20(27)34)31-21(35)15-5-4-12(36-15)10-33-7-3-6-28-33/h3-9H,10H2,1-2H3,(H2,27,34)(H,31,35). The summed E-state index contributed by atoms with van der Waals surface area (Å²) in [6.45, 7) is 1.97. The van der Waals surface area contributed by atoms with Gasteiger partial charge in [0.1, 0.15) is 21.2 Å². The molecule has 37 heavy (non-hydrogen) atoms. The summed E-state index contributed by atoms with van der Waals surface area (Å²) in [6.07, 6.45) is -0.0174. The largest absolute Gasteiger partial charge is 0.454 e. The van der Waals surface area contributed by atoms with Crippen molar-refractivity contribution in [1.29, 1.82) is 0 Å². The Hall–Kier alpha value is -4.46. The van der Waals surface area contributed by atoms with Gasteiger partial charge in [0.2, 0.25) is 0 Å². The van der Waals surface area contributed by atoms with Gasteiger partial charge in [-0.3, -0.25) is 19.0 Å². The van der Waals surface area contributed by atoms with Gasteiger partial charge in [-0.05, 0) is 36.8 Å². The van der Waals surface area contributed by atoms with Crippen LogP contribution in [-0.2, 0) is 19.8 Å². The number of amides is 2. The quantitative estimate of drug-likeness (QED) is 0.338. The van der Waals surface area contributed by atoms with Gasteiger partial charge in [0.15, 0.2) is 5.76 Å². The fourth-order valence-corrected chi connectivity index (χ4v) is 4.83. The van der Waals surface area contributed by atoms with Crippen molar-refractivity contribution in [2.45, 2.75) is 19.6 Å². The lowest BCUT2D eigenvalue weighted by Gasteiger charge is -2.12. The van der Waals surface area contributed by atoms with E-state index in [0.29, 0.717) is 28.4 Å². The van der Waals surface area contributed by atoms with E-state index < -0.39 is 23.7 Å². The second kappa shape index (κ2) is 8.89. The first-order valence-electron chi connectivity index (χ1n) is 10.7. The number of halogens is 3. The van der Waals surface area contributed by atoms with Crippen LogP contribution in [0.2, 0.25) is 0 Å². The Morgan fingerprint density at radius 2 is 2.00 bits per heavy atom. The summed E-state index contributed by atoms with van der Waals surface area (Å²) in [7, 11) is 1.64. The number of fused-ring (bicyclic) bond motifs is 1. The van der Waals surface area contributed by atoms with Gasteiger partial charge < -0.3 is 15.5 Å². The van der Waals surface area contributed by atoms with Crippen LogP contribution >= 0.6 is 11.3 Å². The Labute approximate surface area is 210 Å². The molecule has 0 fully saturated rings. The lowest BCUT2D eigenvalue weighted by atomic mass is 10.0. The highest BCUT2D eigenvalue weighted by Crippen LogP contribution is 2.44. The number of carbonyl (C=O) groups excluding carboxylic acids is 2. The number of primary amides is 1. The first kappa shape index (κ1) is 24.2. The van der Waals surface area contributed by atoms with Crippen molar-refractivity contribution >= 4 is 39.1 Å². The second-order valence-corrected chi connectivity index (χ2v) is 9.09. The van der Waals surface area contributed by atoms with E-state index in [2.05, 4.69) is 20.5 Å². The number of hydrogen-bond acceptors (Lipinski definition) is 7. The fourth-order valence-electron chi connectivity index (χ4n) is 3.83. The summed E-state index contributed by atoms with van der Waals surface area (Å²) in [5, 5.41) is 10.9. The molecule has 10 nitrogen and oxygen atoms in total. The normalized spacial score (nSPS) is 11.8. The smallest absolute Gasteiger partial charge is 0.433 e. The van der Waals surface area contributed by atoms with Crippen molar-refractivity contribution in [3.05, 3.63) is 70.6 Å². The van der Waals surface area contributed by atoms with Crippen molar-refractivity contribution in [3.8, 4) is 11.1 Å². The Balaban J connectivity index is 1.63. The lowest BCUT2D eigenvalue weighted by Crippen LogP contribution is -2.16. The Morgan fingerprint density at radius 1 is 1.22 bits per heavy atom. The molecule has 0 aliphatic carbocycles. The minimum atomic E-state index is -4.75. The van der Waals surface area contributed by atoms with Gasteiger partial charge in [-0.15, -0.1) is 11.3 Å². The molecule has 5 aromatic rings. The van der Waals surface area contributed by atoms with Crippen molar-refractivity contribution < 1.29 is 27.2 Å². The molecule has 0 saturated heterocycles. The zero-order valence-electron chi connectivity index (χ0n) is 19.3. The molecule has 5 rings (SSSR count). The molecule has 3 N–H and O–H groups in total. The Bertz CT molecular complexity index is 1650. The molecule has 0 spiro atoms. The minimum Gasteiger partial charge on any atom is -0.454 e. The molecule has 2 amide bonds. The number of carbonyl (C=O) groups is 2. The molecular weight excluding hydrogens is 511 g/mol. The van der Waals surface area contributed by atoms with Crippen molar-refractivity contribution in [2.75, 3.05) is 5.32 Å². The first-order chi connectivity index (χ1) is 17.5. The average molecular weight is 530 g/mol. The van der Waals surface area contributed by atoms with Crippen molar-refractivity contribution in [1.82, 2.24) is 24.5 Å². The predicted octanol–water partition coefficient (Wildman–Crippen LogP) is 4.21. The Kier molecular flexibility index (Phi) is 5.82. The third kappa shape index (κ3) is 4.46. The number of nitrogens with two attached hydrogens (primary N) is 1. The van der Waals surface area contributed by atoms with Gasteiger partial charge in [0.25, 0.3) is 11.8 Å². The van der Waals surface area contributed by atoms with Gasteiger partial charge in [0, 0.05) is 36.1 Å². The van der Waals surface area contributed by atoms with Crippen LogP contribution in [0.3, 0.4) is 0 Å². The van der Waals surface area contributed by atoms with E-state index in [0.717, 1.165) is 6.07 Å². The van der Waals surface area contributed by atoms with Crippen LogP contribution < -0.4 is 11.1 Å². The van der Waals surface area contributed by atoms with E-state index >= 15 is 0 Å². The van der Waals surface area contributed by atoms with Crippen LogP contribution in [-0.4, -0.2) is 36.4 Å². The van der Waals surface area contributed by atoms with E-state index in [9.17, 15) is 22.8 Å². The molecule has 5 heterocycles. The monoisotopic (exact) mass is 529 g/mol. The maximum absolute atomic E-state index is 13.7. The molecular formula is C23H18F3N7O3S. The first-order valence-corrected chi connectivity index (χ1v) is 11.6. The maximum Gasteiger partial charge on any atom is 0.433 e. The van der Waals surface area contributed by atoms with E-state index in [-0.39, 0.29) is 38.6 Å². The third-order valence-corrected chi connectivity index (χ3v) is 6.80. The topological polar surface area (TPSA) is 134 Å². The molecule has 0 aliphatic rings. The summed E-state index contributed by atoms with van der Waals surface area (Å²) < 4.78 is 49.8. The van der Waals surface area contributed by atoms with E-state index in [4.69, 9.17) is 10.2 Å². The number of aromatic nitrogens is 5. The highest BCUT2D eigenvalue weighted by atomic mass is 32.1. The molecule has 0 aliphatic heterocycles. The number of furan rings is 1. The summed E-state index contributed by atoms with van der Waals surface area (Å²) >= 11 is 0.659. The molecule has 190 valence electrons. The average Bonchev–Trinajstić information content (AvgIpc) is 3.62. The molecule has 0 radical (unpaired) electrons. The van der Waals surface area contributed by atoms with Gasteiger partial charge in [-0.2, -0.15) is 23.4 Å². The van der Waals surface area contributed by atoms with Crippen LogP contribution in [0.4, 0.5) is 18.9 Å². The van der Waals surface area contributed by atoms with E-state index in [1.807, 2.05) is 0 Å². The summed E-state index contributed by atoms with van der Waals surface area (Å²) in [6, 6.07) is 5.65. The van der Waals surface area contributed by atoms with E-state index in [1.54, 1.807) is 43.2 Å². The van der Waals surface area contributed by atoms with Crippen LogP contribution in [0.25, 0.3) is 21.3 Å². The minimum absolute atomic E-state index is 0.0537. The van der Waals surface area contributed by atoms with Gasteiger partial charge in [0.05, 0.1) is 18.4 Å². The summed E-state index contributed by atoms with van der Waals surface area (Å²) in [5.74, 6) is -1.28. The number of rotatable bonds is 6. The lowest BCUT2D eigenvalue weighted by molar-refractivity contribution is -0.140. The molecule has 0 saturated carbocycles. The third-order valence-electron chi connectivity index (χ3n) is 5.70. The number of hydrogen-bond donors (Lipinski definition) is 2. The number of aryl methyl sites for hydroxylation is 1. The van der Waals surface area contributed by atoms with Gasteiger partial charge >= 0.3 is 6.18 Å². The fraction of sp³-hybridized carbons (Fsp3) is 0.174. The van der Waals surface area contributed by atoms with Crippen molar-refractivity contribution in [3.63, 3.8) is 0 Å². The molecule has 0 aromatic carbocycles. The highest BCUT2D eigenvalue weighted by molar-refractivity contribution is 7.21. The molecule has 0 unspecified atom stereocenters. The summed E-state index contributed by atoms with van der Waals surface area (Å²) in [4.78, 5) is 28.8. The highest BCUT2D eigenvalue weighted by Gasteiger charge is 2.35. The number of alkyl halides is 3. The molecule has 5 aromatic heterocycles. The van der Waals surface area contributed by atoms with Gasteiger partial charge in [-0.25, -0.2) is 4.98 Å². The molecule has 14 heteroatoms. The van der Waals surface area contributed by atoms with Crippen LogP contribution in [0.15, 0.2) is 47.3 Å². The summed E-state index contributed by atoms with van der Waals surface area (Å²) in [5.41, 5.74) is 5.38. The number of nitrogens with zero attached hydrogens (tertiary/aromatic N) is 5. The number of thiophene rings is 1. The number of anilines is 1. The second-order valence-electron chi connectivity index (χ2n) is 8.09. The maximum atomic E-state index is 13.7. The van der Waals surface area contributed by atoms with Crippen molar-refractivity contribution in [2.24, 2.45) is 12.8 Å². The predicted molar refractivity (Wildman–Crippen MR) is 128 cm³/mol. The number of pyridine rings is 1. The molecule has 0 bridgehead atoms. The zero-order valence-corrected chi connectivity index (χ0v) is 20.1. The Morgan fingerprint density at radius 3 is 2.62 bits per heavy atom. The number of nitrogens with one attached hydrogen (secondary N) is 1. The SMILES string of the molecule is Cc1c(-c2cc(C(F)(F)F)nc3sc(C(N)=O)c(NC(=O)c4ccc(Cn5cccn5)o4)c23)cnn1C. The van der Waals surface area contributed by atoms with Gasteiger partial charge in [-0.1, -0.05) is 0 Å².